The molecule has 6 N–H and O–H groups in total. The molecular weight excluding hydrogens is 965 g/mol. The molecule has 1 atom stereocenters. The van der Waals surface area contributed by atoms with E-state index >= 15 is 0 Å². The maximum Gasteiger partial charge on any atom is 0.317 e. The quantitative estimate of drug-likeness (QED) is 0.0369. The van der Waals surface area contributed by atoms with Crippen LogP contribution in [0.1, 0.15) is 12.5 Å². The molecular formula is C42H72N6O16SY. The van der Waals surface area contributed by atoms with Crippen molar-refractivity contribution in [3.63, 3.8) is 0 Å². The molecule has 66 heavy (non-hydrogen) atoms. The van der Waals surface area contributed by atoms with Crippen LogP contribution in [0.25, 0.3) is 0 Å². The summed E-state index contributed by atoms with van der Waals surface area (Å²) in [5.74, 6) is -4.26. The van der Waals surface area contributed by atoms with Gasteiger partial charge in [-0.1, -0.05) is 12.1 Å². The van der Waals surface area contributed by atoms with E-state index in [2.05, 4.69) is 10.6 Å². The molecule has 0 bridgehead atoms. The number of nitrogens with zero attached hydrogens (tertiary/aromatic N) is 4. The van der Waals surface area contributed by atoms with E-state index in [4.69, 9.17) is 50.1 Å². The molecule has 1 saturated heterocycles. The van der Waals surface area contributed by atoms with Gasteiger partial charge in [0.2, 0.25) is 0 Å². The smallest absolute Gasteiger partial charge is 0.317 e. The summed E-state index contributed by atoms with van der Waals surface area (Å²) in [6, 6.07) is 6.93. The number of hydrogen-bond donors (Lipinski definition) is 6. The number of carboxylic acid groups (broad SMARTS) is 4. The minimum Gasteiger partial charge on any atom is -0.480 e. The van der Waals surface area contributed by atoms with Crippen molar-refractivity contribution in [2.45, 2.75) is 19.4 Å². The van der Waals surface area contributed by atoms with Crippen molar-refractivity contribution in [3.8, 4) is 0 Å². The summed E-state index contributed by atoms with van der Waals surface area (Å²) >= 11 is 5.45. The van der Waals surface area contributed by atoms with Gasteiger partial charge in [0.1, 0.15) is 0 Å². The molecule has 22 nitrogen and oxygen atoms in total. The van der Waals surface area contributed by atoms with E-state index in [0.717, 1.165) is 5.56 Å². The van der Waals surface area contributed by atoms with Crippen molar-refractivity contribution in [1.82, 2.24) is 24.9 Å². The molecule has 1 unspecified atom stereocenters. The molecule has 1 aromatic carbocycles. The van der Waals surface area contributed by atoms with Gasteiger partial charge in [-0.05, 0) is 43.3 Å². The Labute approximate surface area is 418 Å². The Morgan fingerprint density at radius 2 is 0.909 bits per heavy atom. The number of nitrogens with one attached hydrogen (secondary N) is 2. The Hall–Kier alpha value is -2.59. The zero-order valence-electron chi connectivity index (χ0n) is 38.4. The van der Waals surface area contributed by atoms with Crippen molar-refractivity contribution in [1.29, 1.82) is 0 Å². The minimum absolute atomic E-state index is 0. The average Bonchev–Trinajstić information content (AvgIpc) is 3.25. The minimum atomic E-state index is -1.08. The van der Waals surface area contributed by atoms with Crippen molar-refractivity contribution >= 4 is 46.9 Å². The molecule has 1 aromatic rings. The van der Waals surface area contributed by atoms with Gasteiger partial charge in [0.25, 0.3) is 0 Å². The maximum absolute atomic E-state index is 12.0. The summed E-state index contributed by atoms with van der Waals surface area (Å²) in [7, 11) is 0. The van der Waals surface area contributed by atoms with Crippen LogP contribution >= 0.6 is 12.2 Å². The van der Waals surface area contributed by atoms with E-state index in [1.54, 1.807) is 19.6 Å². The number of carbonyl (C=O) groups is 4. The van der Waals surface area contributed by atoms with Crippen molar-refractivity contribution < 1.29 is 110 Å². The molecule has 1 aliphatic heterocycles. The standard InChI is InChI=1S/C42H72N6O16S.Y/c1-2-57-15-16-59-19-20-61-23-24-63-27-28-64-26-25-62-22-21-60-18-17-58-14-7-43-42(65)44-36-5-3-35(4-6-36)29-37-30-47(33-40(53)54)11-10-45(31-38(49)50)8-9-46(32-39(51)52)12-13-48(37)34-41(55)56;/h3-6,37H,2,7-34H2,1H3,(H,49,50)(H,51,52)(H,53,54)(H,55,56)(H2,43,44,65);. The van der Waals surface area contributed by atoms with E-state index in [0.29, 0.717) is 129 Å². The van der Waals surface area contributed by atoms with Crippen molar-refractivity contribution in [3.05, 3.63) is 29.8 Å². The number of carboxylic acids is 4. The Balaban J connectivity index is 0.0000218. The fourth-order valence-electron chi connectivity index (χ4n) is 6.45. The topological polar surface area (TPSA) is 260 Å². The van der Waals surface area contributed by atoms with E-state index < -0.39 is 29.9 Å². The van der Waals surface area contributed by atoms with Gasteiger partial charge in [0, 0.05) is 103 Å². The van der Waals surface area contributed by atoms with Crippen LogP contribution < -0.4 is 10.6 Å². The predicted molar refractivity (Wildman–Crippen MR) is 242 cm³/mol. The number of rotatable bonds is 36. The molecule has 0 amide bonds. The summed E-state index contributed by atoms with van der Waals surface area (Å²) in [6.45, 7) is 10.5. The number of hydrogen-bond acceptors (Lipinski definition) is 17. The number of thiocarbonyl (C=S) groups is 1. The summed E-state index contributed by atoms with van der Waals surface area (Å²) in [4.78, 5) is 53.9. The second-order valence-electron chi connectivity index (χ2n) is 14.8. The second-order valence-corrected chi connectivity index (χ2v) is 15.2. The van der Waals surface area contributed by atoms with Gasteiger partial charge in [-0.15, -0.1) is 0 Å². The van der Waals surface area contributed by atoms with E-state index in [1.807, 2.05) is 31.2 Å². The normalized spacial score (nSPS) is 15.9. The first-order chi connectivity index (χ1) is 31.4. The number of anilines is 1. The molecule has 375 valence electrons. The van der Waals surface area contributed by atoms with Crippen LogP contribution in [0.15, 0.2) is 24.3 Å². The molecule has 1 heterocycles. The number of aliphatic carboxylic acids is 4. The molecule has 2 rings (SSSR count). The fraction of sp³-hybridized carbons (Fsp3) is 0.738. The summed E-state index contributed by atoms with van der Waals surface area (Å²) in [5, 5.41) is 45.2. The molecule has 1 radical (unpaired) electrons. The van der Waals surface area contributed by atoms with Crippen LogP contribution in [0, 0.1) is 0 Å². The molecule has 1 aliphatic rings. The summed E-state index contributed by atoms with van der Waals surface area (Å²) in [5.41, 5.74) is 1.56. The zero-order valence-corrected chi connectivity index (χ0v) is 42.0. The van der Waals surface area contributed by atoms with Crippen molar-refractivity contribution in [2.75, 3.05) is 190 Å². The summed E-state index contributed by atoms with van der Waals surface area (Å²) < 4.78 is 43.6. The SMILES string of the molecule is CCOCCOCCOCCOCCOCCOCCOCCOCCNC(=S)Nc1ccc(CC2CN(CC(=O)O)CCN(CC(=O)O)CCN(CC(=O)O)CCN2CC(=O)O)cc1.[Y]. The maximum atomic E-state index is 12.0. The van der Waals surface area contributed by atoms with Crippen LogP contribution in [-0.4, -0.2) is 259 Å². The zero-order chi connectivity index (χ0) is 47.3. The van der Waals surface area contributed by atoms with Gasteiger partial charge in [-0.25, -0.2) is 0 Å². The van der Waals surface area contributed by atoms with Crippen LogP contribution in [-0.2, 0) is 96.2 Å². The second kappa shape index (κ2) is 40.3. The molecule has 24 heteroatoms. The largest absolute Gasteiger partial charge is 0.480 e. The van der Waals surface area contributed by atoms with Crippen LogP contribution in [0.5, 0.6) is 0 Å². The Bertz CT molecular complexity index is 1460. The number of ether oxygens (including phenoxy) is 8. The first-order valence-electron chi connectivity index (χ1n) is 22.0. The third kappa shape index (κ3) is 33.8. The summed E-state index contributed by atoms with van der Waals surface area (Å²) in [6.07, 6.45) is 0.357. The van der Waals surface area contributed by atoms with Gasteiger partial charge in [-0.2, -0.15) is 0 Å². The van der Waals surface area contributed by atoms with E-state index in [9.17, 15) is 39.6 Å². The molecule has 1 fully saturated rings. The first-order valence-corrected chi connectivity index (χ1v) is 22.4. The third-order valence-electron chi connectivity index (χ3n) is 9.59. The van der Waals surface area contributed by atoms with Gasteiger partial charge in [0.15, 0.2) is 5.11 Å². The molecule has 0 aromatic heterocycles. The predicted octanol–water partition coefficient (Wildman–Crippen LogP) is -0.406. The van der Waals surface area contributed by atoms with Gasteiger partial charge < -0.3 is 69.0 Å². The molecule has 0 spiro atoms. The Morgan fingerprint density at radius 3 is 1.32 bits per heavy atom. The Morgan fingerprint density at radius 1 is 0.545 bits per heavy atom. The van der Waals surface area contributed by atoms with Crippen LogP contribution in [0.3, 0.4) is 0 Å². The van der Waals surface area contributed by atoms with E-state index in [-0.39, 0.29) is 105 Å². The van der Waals surface area contributed by atoms with Gasteiger partial charge in [-0.3, -0.25) is 38.8 Å². The first kappa shape index (κ1) is 61.4. The van der Waals surface area contributed by atoms with Gasteiger partial charge >= 0.3 is 23.9 Å². The van der Waals surface area contributed by atoms with E-state index in [1.165, 1.54) is 0 Å². The fourth-order valence-corrected chi connectivity index (χ4v) is 6.67. The van der Waals surface area contributed by atoms with Gasteiger partial charge in [0.05, 0.1) is 125 Å². The van der Waals surface area contributed by atoms with Crippen LogP contribution in [0.4, 0.5) is 5.69 Å². The average molecular weight is 1040 g/mol. The number of benzene rings is 1. The third-order valence-corrected chi connectivity index (χ3v) is 9.84. The Kier molecular flexibility index (Phi) is 37.5. The van der Waals surface area contributed by atoms with Crippen molar-refractivity contribution in [2.24, 2.45) is 0 Å². The molecule has 0 saturated carbocycles. The molecule has 0 aliphatic carbocycles. The monoisotopic (exact) mass is 1040 g/mol. The van der Waals surface area contributed by atoms with Crippen LogP contribution in [0.2, 0.25) is 0 Å².